The van der Waals surface area contributed by atoms with Gasteiger partial charge in [0.2, 0.25) is 0 Å². The van der Waals surface area contributed by atoms with E-state index in [4.69, 9.17) is 28.6 Å². The van der Waals surface area contributed by atoms with Gasteiger partial charge in [0.05, 0.1) is 17.4 Å². The maximum absolute atomic E-state index is 13.5. The second-order valence-corrected chi connectivity index (χ2v) is 17.4. The monoisotopic (exact) mass is 822 g/mol. The Morgan fingerprint density at radius 2 is 1.77 bits per heavy atom. The highest BCUT2D eigenvalue weighted by molar-refractivity contribution is 7.80. The molecule has 0 bridgehead atoms. The number of nitrogens with one attached hydrogen (secondary N) is 2. The molecule has 22 heteroatoms. The molecule has 0 spiro atoms. The summed E-state index contributed by atoms with van der Waals surface area (Å²) in [7, 11) is -5.02. The van der Waals surface area contributed by atoms with Gasteiger partial charge in [-0.3, -0.25) is 19.5 Å². The Hall–Kier alpha value is -5.06. The molecule has 2 aliphatic rings. The number of pyridine rings is 1. The highest BCUT2D eigenvalue weighted by Crippen LogP contribution is 2.33. The summed E-state index contributed by atoms with van der Waals surface area (Å²) in [4.78, 5) is 67.3. The van der Waals surface area contributed by atoms with E-state index in [-0.39, 0.29) is 41.8 Å². The van der Waals surface area contributed by atoms with Crippen molar-refractivity contribution in [1.29, 1.82) is 0 Å². The van der Waals surface area contributed by atoms with Crippen LogP contribution in [-0.2, 0) is 38.6 Å². The summed E-state index contributed by atoms with van der Waals surface area (Å²) in [5.74, 6) is -1.35. The molecular weight excluding hydrogens is 777 g/mol. The van der Waals surface area contributed by atoms with Gasteiger partial charge < -0.3 is 33.7 Å². The Morgan fingerprint density at radius 3 is 2.43 bits per heavy atom. The number of oxime groups is 1. The zero-order valence-electron chi connectivity index (χ0n) is 32.2. The number of imidazole rings is 1. The molecule has 56 heavy (non-hydrogen) atoms. The number of hydroxylamine groups is 2. The van der Waals surface area contributed by atoms with E-state index in [2.05, 4.69) is 25.1 Å². The highest BCUT2D eigenvalue weighted by Gasteiger charge is 2.58. The predicted molar refractivity (Wildman–Crippen MR) is 200 cm³/mol. The van der Waals surface area contributed by atoms with E-state index in [1.807, 2.05) is 31.4 Å². The maximum Gasteiger partial charge on any atom is 0.418 e. The number of β-lactam (4-membered cyclic amide) rings is 1. The van der Waals surface area contributed by atoms with E-state index >= 15 is 0 Å². The molecule has 2 saturated heterocycles. The van der Waals surface area contributed by atoms with Crippen LogP contribution in [0.15, 0.2) is 35.1 Å². The molecule has 3 N–H and O–H groups in total. The van der Waals surface area contributed by atoms with Crippen LogP contribution < -0.4 is 15.4 Å². The topological polar surface area (TPSA) is 242 Å². The van der Waals surface area contributed by atoms with Crippen LogP contribution in [0.5, 0.6) is 5.75 Å². The quantitative estimate of drug-likeness (QED) is 0.0772. The van der Waals surface area contributed by atoms with Gasteiger partial charge in [0.25, 0.3) is 11.8 Å². The van der Waals surface area contributed by atoms with Crippen molar-refractivity contribution in [3.63, 3.8) is 0 Å². The SMILES string of the molecule is CC(C)(C)OC(=O)Nc1nc(/C(=N/OCCOc2ccc3nc(C4CCCN(C(=O)OC(C)(C)C)C4)cn3c2)C(=O)NC2C(=O)N(OS(=O)(=O)O)C2(C)C)cs1. The summed E-state index contributed by atoms with van der Waals surface area (Å²) in [5.41, 5.74) is -1.63. The van der Waals surface area contributed by atoms with Gasteiger partial charge in [-0.2, -0.15) is 13.5 Å². The van der Waals surface area contributed by atoms with Crippen molar-refractivity contribution in [2.24, 2.45) is 5.16 Å². The van der Waals surface area contributed by atoms with E-state index in [1.54, 1.807) is 44.0 Å². The van der Waals surface area contributed by atoms with Crippen molar-refractivity contribution in [2.45, 2.75) is 96.9 Å². The number of aromatic nitrogens is 3. The number of carbonyl (C=O) groups excluding carboxylic acids is 4. The minimum atomic E-state index is -5.02. The van der Waals surface area contributed by atoms with Gasteiger partial charge in [0.1, 0.15) is 40.9 Å². The average molecular weight is 823 g/mol. The number of rotatable bonds is 12. The molecule has 0 aromatic carbocycles. The summed E-state index contributed by atoms with van der Waals surface area (Å²) in [6, 6.07) is 2.25. The number of fused-ring (bicyclic) bond motifs is 1. The number of carbonyl (C=O) groups is 4. The van der Waals surface area contributed by atoms with Crippen LogP contribution in [-0.4, -0.2) is 116 Å². The lowest BCUT2D eigenvalue weighted by Gasteiger charge is -2.50. The second kappa shape index (κ2) is 16.2. The van der Waals surface area contributed by atoms with Crippen LogP contribution in [0.3, 0.4) is 0 Å². The number of hydrogen-bond donors (Lipinski definition) is 3. The Labute approximate surface area is 327 Å². The summed E-state index contributed by atoms with van der Waals surface area (Å²) in [6.07, 6.45) is 4.24. The summed E-state index contributed by atoms with van der Waals surface area (Å²) in [5, 5.41) is 10.8. The Bertz CT molecular complexity index is 2100. The second-order valence-electron chi connectivity index (χ2n) is 15.5. The molecular formula is C34H46N8O12S2. The normalized spacial score (nSPS) is 18.9. The number of amides is 4. The summed E-state index contributed by atoms with van der Waals surface area (Å²) in [6.45, 7) is 14.4. The molecule has 0 aliphatic carbocycles. The van der Waals surface area contributed by atoms with Gasteiger partial charge in [0, 0.05) is 30.6 Å². The van der Waals surface area contributed by atoms with Gasteiger partial charge in [0.15, 0.2) is 17.5 Å². The van der Waals surface area contributed by atoms with E-state index in [0.29, 0.717) is 29.5 Å². The van der Waals surface area contributed by atoms with Crippen molar-refractivity contribution < 1.29 is 55.5 Å². The molecule has 2 atom stereocenters. The molecule has 0 saturated carbocycles. The fraction of sp³-hybridized carbons (Fsp3) is 0.559. The van der Waals surface area contributed by atoms with Crippen LogP contribution >= 0.6 is 11.3 Å². The third-order valence-electron chi connectivity index (χ3n) is 8.22. The standard InChI is InChI=1S/C34H46N8O12S2/c1-32(2,3)52-30(45)38-29-36-23(19-55-29)25(27(43)37-26-28(44)42(34(26,7)8)54-56(47,48)49)39-51-15-14-50-21-11-12-24-35-22(18-41(24)17-21)20-10-9-13-40(16-20)31(46)53-33(4,5)6/h11-12,17-20,26H,9-10,13-16H2,1-8H3,(H,37,43)(H,36,38,45)(H,47,48,49)/b39-25-. The van der Waals surface area contributed by atoms with E-state index in [0.717, 1.165) is 29.9 Å². The molecule has 306 valence electrons. The zero-order valence-corrected chi connectivity index (χ0v) is 33.9. The van der Waals surface area contributed by atoms with Gasteiger partial charge in [-0.05, 0) is 80.4 Å². The molecule has 20 nitrogen and oxygen atoms in total. The fourth-order valence-electron chi connectivity index (χ4n) is 5.75. The number of piperidine rings is 1. The van der Waals surface area contributed by atoms with Crippen molar-refractivity contribution >= 4 is 62.2 Å². The first-order valence-corrected chi connectivity index (χ1v) is 19.8. The zero-order chi connectivity index (χ0) is 41.2. The lowest BCUT2D eigenvalue weighted by Crippen LogP contribution is -2.76. The first-order valence-electron chi connectivity index (χ1n) is 17.6. The van der Waals surface area contributed by atoms with Crippen molar-refractivity contribution in [3.8, 4) is 5.75 Å². The molecule has 3 aromatic heterocycles. The number of hydrogen-bond acceptors (Lipinski definition) is 15. The largest absolute Gasteiger partial charge is 0.488 e. The van der Waals surface area contributed by atoms with Gasteiger partial charge >= 0.3 is 22.6 Å². The fourth-order valence-corrected chi connectivity index (χ4v) is 6.88. The lowest BCUT2D eigenvalue weighted by molar-refractivity contribution is -0.218. The molecule has 0 radical (unpaired) electrons. The lowest BCUT2D eigenvalue weighted by atomic mass is 9.84. The number of likely N-dealkylation sites (tertiary alicyclic amines) is 1. The van der Waals surface area contributed by atoms with E-state index in [9.17, 15) is 27.6 Å². The van der Waals surface area contributed by atoms with E-state index in [1.165, 1.54) is 19.2 Å². The first kappa shape index (κ1) is 42.1. The molecule has 2 fully saturated rings. The molecule has 2 unspecified atom stereocenters. The third kappa shape index (κ3) is 10.8. The average Bonchev–Trinajstić information content (AvgIpc) is 3.72. The number of anilines is 1. The van der Waals surface area contributed by atoms with Crippen LogP contribution in [0, 0.1) is 0 Å². The van der Waals surface area contributed by atoms with Crippen LogP contribution in [0.2, 0.25) is 0 Å². The van der Waals surface area contributed by atoms with Crippen molar-refractivity contribution in [3.05, 3.63) is 41.3 Å². The minimum absolute atomic E-state index is 0.00246. The summed E-state index contributed by atoms with van der Waals surface area (Å²) < 4.78 is 54.4. The number of ether oxygens (including phenoxy) is 3. The van der Waals surface area contributed by atoms with Crippen LogP contribution in [0.4, 0.5) is 14.7 Å². The summed E-state index contributed by atoms with van der Waals surface area (Å²) >= 11 is 0.967. The molecule has 5 rings (SSSR count). The van der Waals surface area contributed by atoms with Crippen LogP contribution in [0.25, 0.3) is 5.65 Å². The highest BCUT2D eigenvalue weighted by atomic mass is 32.3. The van der Waals surface area contributed by atoms with E-state index < -0.39 is 51.1 Å². The smallest absolute Gasteiger partial charge is 0.418 e. The predicted octanol–water partition coefficient (Wildman–Crippen LogP) is 3.89. The van der Waals surface area contributed by atoms with Gasteiger partial charge in [-0.15, -0.1) is 15.6 Å². The minimum Gasteiger partial charge on any atom is -0.488 e. The number of thiazole rings is 1. The van der Waals surface area contributed by atoms with Crippen molar-refractivity contribution in [1.82, 2.24) is 29.6 Å². The molecule has 3 aromatic rings. The first-order chi connectivity index (χ1) is 26.0. The molecule has 5 heterocycles. The third-order valence-corrected chi connectivity index (χ3v) is 9.32. The van der Waals surface area contributed by atoms with Crippen LogP contribution in [0.1, 0.15) is 85.5 Å². The Morgan fingerprint density at radius 1 is 1.05 bits per heavy atom. The Kier molecular flexibility index (Phi) is 12.2. The van der Waals surface area contributed by atoms with Crippen molar-refractivity contribution in [2.75, 3.05) is 31.6 Å². The maximum atomic E-state index is 13.5. The van der Waals surface area contributed by atoms with Gasteiger partial charge in [-0.25, -0.2) is 19.6 Å². The van der Waals surface area contributed by atoms with Gasteiger partial charge in [-0.1, -0.05) is 5.16 Å². The molecule has 2 aliphatic heterocycles. The Balaban J connectivity index is 1.23. The molecule has 4 amide bonds. The number of nitrogens with zero attached hydrogens (tertiary/aromatic N) is 6.